The first-order chi connectivity index (χ1) is 9.54. The van der Waals surface area contributed by atoms with Crippen LogP contribution in [0.4, 0.5) is 4.39 Å². The molecule has 0 aliphatic rings. The molecule has 0 heterocycles. The van der Waals surface area contributed by atoms with Crippen LogP contribution in [-0.4, -0.2) is 36.3 Å². The second kappa shape index (κ2) is 8.22. The van der Waals surface area contributed by atoms with Gasteiger partial charge in [0, 0.05) is 37.4 Å². The summed E-state index contributed by atoms with van der Waals surface area (Å²) in [5, 5.41) is 9.97. The van der Waals surface area contributed by atoms with Crippen LogP contribution < -0.4 is 0 Å². The lowest BCUT2D eigenvalue weighted by Crippen LogP contribution is -2.39. The van der Waals surface area contributed by atoms with Gasteiger partial charge in [0.2, 0.25) is 0 Å². The molecule has 1 aromatic carbocycles. The molecule has 0 aliphatic heterocycles. The monoisotopic (exact) mass is 283 g/mol. The molecule has 1 N–H and O–H groups in total. The highest BCUT2D eigenvalue weighted by atomic mass is 19.1. The van der Waals surface area contributed by atoms with E-state index in [1.54, 1.807) is 13.2 Å². The Balaban J connectivity index is 2.98. The van der Waals surface area contributed by atoms with Gasteiger partial charge in [-0.2, -0.15) is 0 Å². The van der Waals surface area contributed by atoms with Crippen LogP contribution in [0.5, 0.6) is 5.75 Å². The molecule has 0 radical (unpaired) electrons. The van der Waals surface area contributed by atoms with E-state index in [0.717, 1.165) is 24.9 Å². The second-order valence-electron chi connectivity index (χ2n) is 5.08. The highest BCUT2D eigenvalue weighted by Gasteiger charge is 2.24. The first-order valence-electron chi connectivity index (χ1n) is 7.28. The summed E-state index contributed by atoms with van der Waals surface area (Å²) in [5.41, 5.74) is 0.759. The standard InChI is InChI=1S/C16H26FNO2/c1-5-14(6-2)18(9-10-20-4)12(3)15-8-7-13(17)11-16(15)19/h7-8,11-12,14,19H,5-6,9-10H2,1-4H3. The summed E-state index contributed by atoms with van der Waals surface area (Å²) in [7, 11) is 1.69. The number of hydrogen-bond donors (Lipinski definition) is 1. The molecule has 1 atom stereocenters. The van der Waals surface area contributed by atoms with Gasteiger partial charge in [-0.25, -0.2) is 4.39 Å². The van der Waals surface area contributed by atoms with E-state index in [4.69, 9.17) is 4.74 Å². The summed E-state index contributed by atoms with van der Waals surface area (Å²) in [4.78, 5) is 2.32. The lowest BCUT2D eigenvalue weighted by molar-refractivity contribution is 0.0845. The van der Waals surface area contributed by atoms with Crippen LogP contribution in [0.3, 0.4) is 0 Å². The topological polar surface area (TPSA) is 32.7 Å². The minimum absolute atomic E-state index is 0.0193. The number of aromatic hydroxyl groups is 1. The fraction of sp³-hybridized carbons (Fsp3) is 0.625. The molecule has 0 aliphatic carbocycles. The maximum Gasteiger partial charge on any atom is 0.126 e. The molecule has 0 amide bonds. The molecule has 0 saturated carbocycles. The fourth-order valence-corrected chi connectivity index (χ4v) is 2.70. The lowest BCUT2D eigenvalue weighted by atomic mass is 10.0. The molecule has 0 aromatic heterocycles. The van der Waals surface area contributed by atoms with Gasteiger partial charge in [0.15, 0.2) is 0 Å². The van der Waals surface area contributed by atoms with E-state index < -0.39 is 5.82 Å². The summed E-state index contributed by atoms with van der Waals surface area (Å²) < 4.78 is 18.3. The van der Waals surface area contributed by atoms with E-state index in [-0.39, 0.29) is 11.8 Å². The number of halogens is 1. The van der Waals surface area contributed by atoms with Crippen molar-refractivity contribution in [2.24, 2.45) is 0 Å². The molecule has 20 heavy (non-hydrogen) atoms. The van der Waals surface area contributed by atoms with Crippen LogP contribution in [0, 0.1) is 5.82 Å². The maximum absolute atomic E-state index is 13.1. The number of ether oxygens (including phenoxy) is 1. The molecule has 1 unspecified atom stereocenters. The van der Waals surface area contributed by atoms with Crippen molar-refractivity contribution >= 4 is 0 Å². The number of phenols is 1. The van der Waals surface area contributed by atoms with Crippen molar-refractivity contribution in [2.45, 2.75) is 45.7 Å². The molecular formula is C16H26FNO2. The first-order valence-corrected chi connectivity index (χ1v) is 7.28. The van der Waals surface area contributed by atoms with Gasteiger partial charge in [-0.1, -0.05) is 19.9 Å². The number of phenolic OH excluding ortho intramolecular Hbond substituents is 1. The predicted molar refractivity (Wildman–Crippen MR) is 79.4 cm³/mol. The highest BCUT2D eigenvalue weighted by Crippen LogP contribution is 2.31. The Bertz CT molecular complexity index is 407. The Hall–Kier alpha value is -1.13. The van der Waals surface area contributed by atoms with E-state index in [0.29, 0.717) is 12.6 Å². The average Bonchev–Trinajstić information content (AvgIpc) is 2.43. The van der Waals surface area contributed by atoms with Crippen LogP contribution in [0.15, 0.2) is 18.2 Å². The van der Waals surface area contributed by atoms with Gasteiger partial charge in [0.05, 0.1) is 6.61 Å². The smallest absolute Gasteiger partial charge is 0.126 e. The molecule has 1 rings (SSSR count). The Labute approximate surface area is 121 Å². The van der Waals surface area contributed by atoms with Crippen LogP contribution in [0.1, 0.15) is 45.2 Å². The minimum atomic E-state index is -0.413. The number of benzene rings is 1. The third-order valence-electron chi connectivity index (χ3n) is 3.91. The fourth-order valence-electron chi connectivity index (χ4n) is 2.70. The Morgan fingerprint density at radius 1 is 1.30 bits per heavy atom. The van der Waals surface area contributed by atoms with E-state index in [1.165, 1.54) is 12.1 Å². The summed E-state index contributed by atoms with van der Waals surface area (Å²) in [5.74, 6) is -0.393. The van der Waals surface area contributed by atoms with Crippen LogP contribution in [0.2, 0.25) is 0 Å². The molecule has 4 heteroatoms. The van der Waals surface area contributed by atoms with E-state index >= 15 is 0 Å². The summed E-state index contributed by atoms with van der Waals surface area (Å²) in [6.45, 7) is 7.79. The van der Waals surface area contributed by atoms with Crippen molar-refractivity contribution in [3.05, 3.63) is 29.6 Å². The molecule has 0 fully saturated rings. The Kier molecular flexibility index (Phi) is 6.96. The number of hydrogen-bond acceptors (Lipinski definition) is 3. The van der Waals surface area contributed by atoms with Gasteiger partial charge in [-0.05, 0) is 25.8 Å². The van der Waals surface area contributed by atoms with Crippen molar-refractivity contribution in [3.8, 4) is 5.75 Å². The third-order valence-corrected chi connectivity index (χ3v) is 3.91. The number of rotatable bonds is 8. The number of methoxy groups -OCH3 is 1. The van der Waals surface area contributed by atoms with Crippen LogP contribution in [0.25, 0.3) is 0 Å². The van der Waals surface area contributed by atoms with Crippen molar-refractivity contribution < 1.29 is 14.2 Å². The average molecular weight is 283 g/mol. The molecule has 1 aromatic rings. The van der Waals surface area contributed by atoms with Gasteiger partial charge in [0.1, 0.15) is 11.6 Å². The van der Waals surface area contributed by atoms with E-state index in [2.05, 4.69) is 18.7 Å². The quantitative estimate of drug-likeness (QED) is 0.789. The molecule has 0 spiro atoms. The molecule has 0 saturated heterocycles. The summed E-state index contributed by atoms with van der Waals surface area (Å²) in [6, 6.07) is 4.68. The molecule has 114 valence electrons. The Morgan fingerprint density at radius 2 is 1.95 bits per heavy atom. The third kappa shape index (κ3) is 4.18. The first kappa shape index (κ1) is 16.9. The van der Waals surface area contributed by atoms with Crippen LogP contribution >= 0.6 is 0 Å². The van der Waals surface area contributed by atoms with Gasteiger partial charge in [0.25, 0.3) is 0 Å². The zero-order chi connectivity index (χ0) is 15.1. The highest BCUT2D eigenvalue weighted by molar-refractivity contribution is 5.35. The van der Waals surface area contributed by atoms with Crippen molar-refractivity contribution in [1.29, 1.82) is 0 Å². The molecular weight excluding hydrogens is 257 g/mol. The van der Waals surface area contributed by atoms with E-state index in [9.17, 15) is 9.50 Å². The maximum atomic E-state index is 13.1. The summed E-state index contributed by atoms with van der Waals surface area (Å²) in [6.07, 6.45) is 2.07. The summed E-state index contributed by atoms with van der Waals surface area (Å²) >= 11 is 0. The lowest BCUT2D eigenvalue weighted by Gasteiger charge is -2.36. The zero-order valence-electron chi connectivity index (χ0n) is 12.9. The van der Waals surface area contributed by atoms with Crippen LogP contribution in [-0.2, 0) is 4.74 Å². The Morgan fingerprint density at radius 3 is 2.45 bits per heavy atom. The van der Waals surface area contributed by atoms with E-state index in [1.807, 2.05) is 6.92 Å². The molecule has 3 nitrogen and oxygen atoms in total. The SMILES string of the molecule is CCC(CC)N(CCOC)C(C)c1ccc(F)cc1O. The molecule has 0 bridgehead atoms. The minimum Gasteiger partial charge on any atom is -0.508 e. The van der Waals surface area contributed by atoms with Gasteiger partial charge < -0.3 is 9.84 Å². The number of nitrogens with zero attached hydrogens (tertiary/aromatic N) is 1. The normalized spacial score (nSPS) is 13.2. The van der Waals surface area contributed by atoms with Crippen molar-refractivity contribution in [3.63, 3.8) is 0 Å². The predicted octanol–water partition coefficient (Wildman–Crippen LogP) is 3.73. The van der Waals surface area contributed by atoms with Crippen molar-refractivity contribution in [1.82, 2.24) is 4.90 Å². The van der Waals surface area contributed by atoms with Crippen molar-refractivity contribution in [2.75, 3.05) is 20.3 Å². The van der Waals surface area contributed by atoms with Gasteiger partial charge in [-0.15, -0.1) is 0 Å². The van der Waals surface area contributed by atoms with Gasteiger partial charge in [-0.3, -0.25) is 4.90 Å². The largest absolute Gasteiger partial charge is 0.508 e. The second-order valence-corrected chi connectivity index (χ2v) is 5.08. The zero-order valence-corrected chi connectivity index (χ0v) is 12.9. The van der Waals surface area contributed by atoms with Gasteiger partial charge >= 0.3 is 0 Å².